The number of carbonyl (C=O) groups is 2. The quantitative estimate of drug-likeness (QED) is 0.319. The van der Waals surface area contributed by atoms with Crippen LogP contribution in [-0.4, -0.2) is 83.7 Å². The van der Waals surface area contributed by atoms with Gasteiger partial charge in [0.05, 0.1) is 20.8 Å². The summed E-state index contributed by atoms with van der Waals surface area (Å²) in [6.07, 6.45) is -4.63. The maximum atomic E-state index is 11.9. The summed E-state index contributed by atoms with van der Waals surface area (Å²) in [7, 11) is 2.81. The van der Waals surface area contributed by atoms with Crippen molar-refractivity contribution in [1.82, 2.24) is 0 Å². The van der Waals surface area contributed by atoms with Gasteiger partial charge in [-0.25, -0.2) is 4.79 Å². The highest BCUT2D eigenvalue weighted by atomic mass is 16.7. The van der Waals surface area contributed by atoms with Crippen LogP contribution in [0.1, 0.15) is 18.1 Å². The Morgan fingerprint density at radius 1 is 1.00 bits per heavy atom. The van der Waals surface area contributed by atoms with Gasteiger partial charge in [0.2, 0.25) is 0 Å². The molecule has 0 saturated carbocycles. The third-order valence-electron chi connectivity index (χ3n) is 5.67. The van der Waals surface area contributed by atoms with Gasteiger partial charge in [-0.1, -0.05) is 18.2 Å². The third kappa shape index (κ3) is 6.98. The number of carbonyl (C=O) groups excluding carboxylic acids is 1. The number of carboxylic acids is 1. The van der Waals surface area contributed by atoms with Crippen LogP contribution in [-0.2, 0) is 25.5 Å². The molecular weight excluding hydrogens is 488 g/mol. The summed E-state index contributed by atoms with van der Waals surface area (Å²) in [5, 5.41) is 40.9. The Balaban J connectivity index is 1.70. The molecule has 1 fully saturated rings. The van der Waals surface area contributed by atoms with Crippen molar-refractivity contribution < 1.29 is 53.7 Å². The number of hydrogen-bond acceptors (Lipinski definition) is 10. The molecule has 11 nitrogen and oxygen atoms in total. The first-order valence-corrected chi connectivity index (χ1v) is 11.4. The number of ketones is 1. The van der Waals surface area contributed by atoms with E-state index < -0.39 is 36.7 Å². The molecule has 5 atom stereocenters. The van der Waals surface area contributed by atoms with Gasteiger partial charge in [0, 0.05) is 0 Å². The van der Waals surface area contributed by atoms with Gasteiger partial charge in [-0.15, -0.1) is 0 Å². The Morgan fingerprint density at radius 3 is 2.32 bits per heavy atom. The average Bonchev–Trinajstić information content (AvgIpc) is 2.87. The topological polar surface area (TPSA) is 161 Å². The second-order valence-corrected chi connectivity index (χ2v) is 8.31. The molecule has 37 heavy (non-hydrogen) atoms. The summed E-state index contributed by atoms with van der Waals surface area (Å²) in [5.41, 5.74) is 1.34. The molecule has 2 aromatic rings. The number of benzene rings is 2. The molecule has 2 aromatic carbocycles. The second-order valence-electron chi connectivity index (χ2n) is 8.31. The van der Waals surface area contributed by atoms with E-state index in [0.29, 0.717) is 23.3 Å². The predicted octanol–water partition coefficient (Wildman–Crippen LogP) is 1.55. The van der Waals surface area contributed by atoms with E-state index in [0.717, 1.165) is 0 Å². The maximum Gasteiger partial charge on any atom is 0.336 e. The van der Waals surface area contributed by atoms with Gasteiger partial charge in [0.15, 0.2) is 47.3 Å². The number of ether oxygens (including phenoxy) is 5. The third-order valence-corrected chi connectivity index (χ3v) is 5.67. The molecule has 0 aromatic heterocycles. The van der Waals surface area contributed by atoms with Crippen molar-refractivity contribution in [3.05, 3.63) is 53.6 Å². The first-order chi connectivity index (χ1) is 17.6. The van der Waals surface area contributed by atoms with E-state index >= 15 is 0 Å². The average molecular weight is 519 g/mol. The molecule has 1 saturated heterocycles. The molecule has 4 N–H and O–H groups in total. The number of rotatable bonds is 11. The lowest BCUT2D eigenvalue weighted by Gasteiger charge is -2.40. The Kier molecular flexibility index (Phi) is 9.48. The lowest BCUT2D eigenvalue weighted by Crippen LogP contribution is -2.62. The summed E-state index contributed by atoms with van der Waals surface area (Å²) in [6, 6.07) is 9.47. The van der Waals surface area contributed by atoms with Crippen LogP contribution < -0.4 is 14.2 Å². The number of phenolic OH excluding ortho intramolecular Hbond substituents is 1. The molecule has 1 aliphatic heterocycles. The number of methoxy groups -OCH3 is 2. The molecule has 0 radical (unpaired) electrons. The molecule has 0 amide bonds. The van der Waals surface area contributed by atoms with Crippen LogP contribution in [0, 0.1) is 0 Å². The van der Waals surface area contributed by atoms with Crippen molar-refractivity contribution >= 4 is 17.8 Å². The summed E-state index contributed by atoms with van der Waals surface area (Å²) < 4.78 is 27.0. The molecule has 200 valence electrons. The van der Waals surface area contributed by atoms with Crippen molar-refractivity contribution in [2.45, 2.75) is 44.1 Å². The number of aliphatic carboxylic acids is 1. The largest absolute Gasteiger partial charge is 0.504 e. The fraction of sp³-hybridized carbons (Fsp3) is 0.385. The van der Waals surface area contributed by atoms with Crippen LogP contribution in [0.15, 0.2) is 42.5 Å². The van der Waals surface area contributed by atoms with E-state index in [1.165, 1.54) is 39.4 Å². The Hall–Kier alpha value is -3.64. The molecule has 0 aliphatic carbocycles. The lowest BCUT2D eigenvalue weighted by molar-refractivity contribution is -0.290. The van der Waals surface area contributed by atoms with Crippen molar-refractivity contribution in [3.8, 4) is 23.0 Å². The number of allylic oxidation sites excluding steroid dienone is 1. The highest BCUT2D eigenvalue weighted by Crippen LogP contribution is 2.33. The normalized spacial score (nSPS) is 23.5. The summed E-state index contributed by atoms with van der Waals surface area (Å²) >= 11 is 0. The highest BCUT2D eigenvalue weighted by Gasteiger charge is 2.50. The summed E-state index contributed by atoms with van der Waals surface area (Å²) in [5.74, 6) is -0.977. The van der Waals surface area contributed by atoms with Gasteiger partial charge >= 0.3 is 5.97 Å². The maximum absolute atomic E-state index is 11.9. The molecule has 11 heteroatoms. The van der Waals surface area contributed by atoms with Gasteiger partial charge < -0.3 is 44.1 Å². The van der Waals surface area contributed by atoms with Crippen molar-refractivity contribution in [3.63, 3.8) is 0 Å². The molecular formula is C26H30O11. The minimum absolute atomic E-state index is 0.00113. The number of hydrogen-bond donors (Lipinski definition) is 4. The Labute approximate surface area is 213 Å². The molecule has 1 heterocycles. The molecule has 2 unspecified atom stereocenters. The first-order valence-electron chi connectivity index (χ1n) is 11.4. The first kappa shape index (κ1) is 27.9. The number of phenols is 1. The smallest absolute Gasteiger partial charge is 0.336 e. The van der Waals surface area contributed by atoms with Gasteiger partial charge in [-0.2, -0.15) is 0 Å². The number of carboxylic acid groups (broad SMARTS) is 1. The van der Waals surface area contributed by atoms with E-state index in [1.54, 1.807) is 30.3 Å². The minimum Gasteiger partial charge on any atom is -0.504 e. The van der Waals surface area contributed by atoms with Crippen LogP contribution in [0.5, 0.6) is 23.0 Å². The van der Waals surface area contributed by atoms with E-state index in [2.05, 4.69) is 0 Å². The standard InChI is InChI=1S/C26H30O11/c1-14(27)4-5-15-7-9-19(20(13-15)34-3)36-23-21(29)22(30)26(37-24(23)25(31)32)35-11-10-16-6-8-18(33-2)17(28)12-16/h4-9,12-13,21-24,26,28-30H,10-11H2,1-3H3,(H,31,32)/b5-4+/t21?,22-,23+,24+,26?/m1/s1. The number of aliphatic hydroxyl groups is 2. The lowest BCUT2D eigenvalue weighted by atomic mass is 9.98. The monoisotopic (exact) mass is 518 g/mol. The molecule has 0 spiro atoms. The minimum atomic E-state index is -1.67. The van der Waals surface area contributed by atoms with Crippen LogP contribution in [0.2, 0.25) is 0 Å². The zero-order valence-corrected chi connectivity index (χ0v) is 20.6. The fourth-order valence-corrected chi connectivity index (χ4v) is 3.73. The number of aromatic hydroxyl groups is 1. The van der Waals surface area contributed by atoms with Crippen molar-refractivity contribution in [2.24, 2.45) is 0 Å². The zero-order valence-electron chi connectivity index (χ0n) is 20.6. The van der Waals surface area contributed by atoms with Crippen molar-refractivity contribution in [1.29, 1.82) is 0 Å². The fourth-order valence-electron chi connectivity index (χ4n) is 3.73. The van der Waals surface area contributed by atoms with Gasteiger partial charge in [0.25, 0.3) is 0 Å². The van der Waals surface area contributed by atoms with Crippen LogP contribution >= 0.6 is 0 Å². The second kappa shape index (κ2) is 12.5. The van der Waals surface area contributed by atoms with E-state index in [1.807, 2.05) is 0 Å². The Morgan fingerprint density at radius 2 is 1.70 bits per heavy atom. The van der Waals surface area contributed by atoms with E-state index in [4.69, 9.17) is 23.7 Å². The van der Waals surface area contributed by atoms with Gasteiger partial charge in [-0.3, -0.25) is 4.79 Å². The summed E-state index contributed by atoms with van der Waals surface area (Å²) in [6.45, 7) is 1.41. The van der Waals surface area contributed by atoms with Crippen molar-refractivity contribution in [2.75, 3.05) is 20.8 Å². The van der Waals surface area contributed by atoms with E-state index in [9.17, 15) is 30.0 Å². The molecule has 3 rings (SSSR count). The zero-order chi connectivity index (χ0) is 27.1. The Bertz CT molecular complexity index is 1130. The molecule has 1 aliphatic rings. The van der Waals surface area contributed by atoms with E-state index in [-0.39, 0.29) is 29.6 Å². The highest BCUT2D eigenvalue weighted by molar-refractivity contribution is 5.91. The van der Waals surface area contributed by atoms with Crippen LogP contribution in [0.4, 0.5) is 0 Å². The SMILES string of the molecule is COc1ccc(CCOC2O[C@H](C(=O)O)[C@@H](Oc3ccc(/C=C/C(C)=O)cc3OC)C(O)[C@H]2O)cc1O. The number of aliphatic hydroxyl groups excluding tert-OH is 2. The van der Waals surface area contributed by atoms with Crippen LogP contribution in [0.3, 0.4) is 0 Å². The summed E-state index contributed by atoms with van der Waals surface area (Å²) in [4.78, 5) is 23.1. The predicted molar refractivity (Wildman–Crippen MR) is 130 cm³/mol. The van der Waals surface area contributed by atoms with Crippen LogP contribution in [0.25, 0.3) is 6.08 Å². The molecule has 0 bridgehead atoms. The van der Waals surface area contributed by atoms with Gasteiger partial charge in [0.1, 0.15) is 12.2 Å². The van der Waals surface area contributed by atoms with Gasteiger partial charge in [-0.05, 0) is 54.8 Å².